The van der Waals surface area contributed by atoms with E-state index in [1.165, 1.54) is 0 Å². The van der Waals surface area contributed by atoms with Gasteiger partial charge in [0.2, 0.25) is 5.91 Å². The van der Waals surface area contributed by atoms with E-state index in [2.05, 4.69) is 0 Å². The van der Waals surface area contributed by atoms with Crippen molar-refractivity contribution in [3.8, 4) is 0 Å². The first-order valence-electron chi connectivity index (χ1n) is 7.02. The number of amides is 1. The molecule has 1 aromatic rings. The largest absolute Gasteiger partial charge is 0.480 e. The van der Waals surface area contributed by atoms with Gasteiger partial charge in [0.15, 0.2) is 0 Å². The van der Waals surface area contributed by atoms with Crippen LogP contribution in [0.15, 0.2) is 18.2 Å². The topological polar surface area (TPSA) is 60.9 Å². The van der Waals surface area contributed by atoms with Crippen molar-refractivity contribution >= 4 is 47.5 Å². The number of carbonyl (C=O) groups excluding carboxylic acids is 1. The minimum Gasteiger partial charge on any atom is -0.480 e. The van der Waals surface area contributed by atoms with E-state index in [1.807, 2.05) is 0 Å². The normalized spacial score (nSPS) is 17.6. The lowest BCUT2D eigenvalue weighted by atomic mass is 10.2. The third-order valence-corrected chi connectivity index (χ3v) is 4.19. The Bertz CT molecular complexity index is 563. The molecule has 1 aliphatic rings. The number of benzene rings is 1. The second-order valence-corrected chi connectivity index (χ2v) is 6.37. The first kappa shape index (κ1) is 20.0. The van der Waals surface area contributed by atoms with Gasteiger partial charge in [-0.2, -0.15) is 0 Å². The smallest absolute Gasteiger partial charge is 0.320 e. The lowest BCUT2D eigenvalue weighted by Crippen LogP contribution is -2.43. The number of aliphatic carboxylic acids is 1. The van der Waals surface area contributed by atoms with E-state index in [9.17, 15) is 9.59 Å². The Labute approximate surface area is 151 Å². The molecule has 0 spiro atoms. The molecule has 5 nitrogen and oxygen atoms in total. The van der Waals surface area contributed by atoms with Gasteiger partial charge < -0.3 is 10.0 Å². The quantitative estimate of drug-likeness (QED) is 0.852. The highest BCUT2D eigenvalue weighted by atomic mass is 35.5. The summed E-state index contributed by atoms with van der Waals surface area (Å²) in [6.45, 7) is 1.13. The minimum atomic E-state index is -0.866. The van der Waals surface area contributed by atoms with Crippen LogP contribution in [0, 0.1) is 0 Å². The van der Waals surface area contributed by atoms with Crippen LogP contribution in [0.3, 0.4) is 0 Å². The number of carbonyl (C=O) groups is 2. The highest BCUT2D eigenvalue weighted by molar-refractivity contribution is 6.34. The third-order valence-electron chi connectivity index (χ3n) is 3.75. The Morgan fingerprint density at radius 3 is 2.48 bits per heavy atom. The molecule has 0 unspecified atom stereocenters. The van der Waals surface area contributed by atoms with Crippen LogP contribution in [0.4, 0.5) is 0 Å². The summed E-state index contributed by atoms with van der Waals surface area (Å²) in [7, 11) is 1.68. The zero-order valence-corrected chi connectivity index (χ0v) is 15.0. The maximum Gasteiger partial charge on any atom is 0.320 e. The molecule has 0 aliphatic carbocycles. The average molecular weight is 382 g/mol. The Morgan fingerprint density at radius 1 is 1.30 bits per heavy atom. The summed E-state index contributed by atoms with van der Waals surface area (Å²) >= 11 is 11.9. The van der Waals surface area contributed by atoms with E-state index in [-0.39, 0.29) is 24.9 Å². The van der Waals surface area contributed by atoms with Crippen LogP contribution in [0.25, 0.3) is 0 Å². The van der Waals surface area contributed by atoms with E-state index >= 15 is 0 Å². The van der Waals surface area contributed by atoms with E-state index in [1.54, 1.807) is 35.0 Å². The number of likely N-dealkylation sites (tertiary alicyclic amines) is 1. The Kier molecular flexibility index (Phi) is 7.61. The molecule has 1 fully saturated rings. The summed E-state index contributed by atoms with van der Waals surface area (Å²) in [5.74, 6) is -0.987. The summed E-state index contributed by atoms with van der Waals surface area (Å²) in [4.78, 5) is 26.7. The van der Waals surface area contributed by atoms with E-state index in [0.717, 1.165) is 12.0 Å². The number of carboxylic acids is 1. The Morgan fingerprint density at radius 2 is 1.91 bits per heavy atom. The summed E-state index contributed by atoms with van der Waals surface area (Å²) in [5.41, 5.74) is 0.838. The van der Waals surface area contributed by atoms with Crippen LogP contribution in [0.5, 0.6) is 0 Å². The van der Waals surface area contributed by atoms with Crippen LogP contribution < -0.4 is 0 Å². The number of rotatable bonds is 5. The van der Waals surface area contributed by atoms with Gasteiger partial charge in [0.05, 0.1) is 6.54 Å². The third kappa shape index (κ3) is 5.53. The van der Waals surface area contributed by atoms with Crippen LogP contribution in [-0.4, -0.2) is 53.0 Å². The van der Waals surface area contributed by atoms with E-state index < -0.39 is 12.0 Å². The molecule has 1 aromatic carbocycles. The van der Waals surface area contributed by atoms with Gasteiger partial charge in [-0.05, 0) is 43.1 Å². The fourth-order valence-corrected chi connectivity index (χ4v) is 3.23. The molecule has 1 aliphatic heterocycles. The fraction of sp³-hybridized carbons (Fsp3) is 0.467. The van der Waals surface area contributed by atoms with Crippen LogP contribution in [0.2, 0.25) is 10.0 Å². The van der Waals surface area contributed by atoms with Gasteiger partial charge in [-0.1, -0.05) is 23.2 Å². The molecule has 0 saturated carbocycles. The molecular weight excluding hydrogens is 363 g/mol. The van der Waals surface area contributed by atoms with Crippen LogP contribution in [-0.2, 0) is 16.1 Å². The molecule has 23 heavy (non-hydrogen) atoms. The SMILES string of the molecule is CN(Cc1cc(Cl)cc(Cl)c1)C(=O)CN1CCC[C@@H]1C(=O)O.Cl. The highest BCUT2D eigenvalue weighted by Gasteiger charge is 2.32. The zero-order chi connectivity index (χ0) is 16.3. The minimum absolute atomic E-state index is 0. The van der Waals surface area contributed by atoms with Gasteiger partial charge in [-0.25, -0.2) is 0 Å². The summed E-state index contributed by atoms with van der Waals surface area (Å²) < 4.78 is 0. The van der Waals surface area contributed by atoms with Gasteiger partial charge in [-0.15, -0.1) is 12.4 Å². The Balaban J connectivity index is 0.00000264. The predicted molar refractivity (Wildman–Crippen MR) is 92.4 cm³/mol. The average Bonchev–Trinajstić information content (AvgIpc) is 2.85. The zero-order valence-electron chi connectivity index (χ0n) is 12.7. The number of halogens is 3. The van der Waals surface area contributed by atoms with Crippen LogP contribution >= 0.6 is 35.6 Å². The van der Waals surface area contributed by atoms with Gasteiger partial charge >= 0.3 is 5.97 Å². The Hall–Kier alpha value is -1.01. The maximum atomic E-state index is 12.3. The van der Waals surface area contributed by atoms with Crippen molar-refractivity contribution in [2.45, 2.75) is 25.4 Å². The number of carboxylic acid groups (broad SMARTS) is 1. The first-order valence-corrected chi connectivity index (χ1v) is 7.78. The van der Waals surface area contributed by atoms with Crippen molar-refractivity contribution in [3.63, 3.8) is 0 Å². The van der Waals surface area contributed by atoms with Crippen molar-refractivity contribution in [3.05, 3.63) is 33.8 Å². The second-order valence-electron chi connectivity index (χ2n) is 5.49. The lowest BCUT2D eigenvalue weighted by molar-refractivity contribution is -0.143. The maximum absolute atomic E-state index is 12.3. The van der Waals surface area contributed by atoms with E-state index in [4.69, 9.17) is 28.3 Å². The molecule has 2 rings (SSSR count). The number of likely N-dealkylation sites (N-methyl/N-ethyl adjacent to an activating group) is 1. The molecule has 1 N–H and O–H groups in total. The summed E-state index contributed by atoms with van der Waals surface area (Å²) in [6, 6.07) is 4.59. The lowest BCUT2D eigenvalue weighted by Gasteiger charge is -2.24. The van der Waals surface area contributed by atoms with Crippen molar-refractivity contribution in [1.29, 1.82) is 0 Å². The van der Waals surface area contributed by atoms with E-state index in [0.29, 0.717) is 29.6 Å². The molecular formula is C15H19Cl3N2O3. The second kappa shape index (κ2) is 8.73. The molecule has 0 aromatic heterocycles. The molecule has 0 radical (unpaired) electrons. The van der Waals surface area contributed by atoms with Gasteiger partial charge in [0.1, 0.15) is 6.04 Å². The number of hydrogen-bond acceptors (Lipinski definition) is 3. The molecule has 1 atom stereocenters. The summed E-state index contributed by atoms with van der Waals surface area (Å²) in [6.07, 6.45) is 1.40. The van der Waals surface area contributed by atoms with Gasteiger partial charge in [0, 0.05) is 23.6 Å². The van der Waals surface area contributed by atoms with Crippen molar-refractivity contribution in [1.82, 2.24) is 9.80 Å². The standard InChI is InChI=1S/C15H18Cl2N2O3.ClH/c1-18(8-10-5-11(16)7-12(17)6-10)14(20)9-19-4-2-3-13(19)15(21)22;/h5-7,13H,2-4,8-9H2,1H3,(H,21,22);1H/t13-;/m1./s1. The highest BCUT2D eigenvalue weighted by Crippen LogP contribution is 2.21. The first-order chi connectivity index (χ1) is 10.4. The molecule has 128 valence electrons. The molecule has 8 heteroatoms. The van der Waals surface area contributed by atoms with Crippen LogP contribution in [0.1, 0.15) is 18.4 Å². The molecule has 1 heterocycles. The fourth-order valence-electron chi connectivity index (χ4n) is 2.65. The number of nitrogens with zero attached hydrogens (tertiary/aromatic N) is 2. The molecule has 0 bridgehead atoms. The van der Waals surface area contributed by atoms with Crippen molar-refractivity contribution in [2.24, 2.45) is 0 Å². The monoisotopic (exact) mass is 380 g/mol. The van der Waals surface area contributed by atoms with Gasteiger partial charge in [0.25, 0.3) is 0 Å². The summed E-state index contributed by atoms with van der Waals surface area (Å²) in [5, 5.41) is 10.2. The molecule has 1 saturated heterocycles. The number of hydrogen-bond donors (Lipinski definition) is 1. The predicted octanol–water partition coefficient (Wildman–Crippen LogP) is 2.92. The molecule has 1 amide bonds. The van der Waals surface area contributed by atoms with Gasteiger partial charge in [-0.3, -0.25) is 14.5 Å². The van der Waals surface area contributed by atoms with Crippen molar-refractivity contribution in [2.75, 3.05) is 20.1 Å². The van der Waals surface area contributed by atoms with Crippen molar-refractivity contribution < 1.29 is 14.7 Å².